The molecule has 0 aliphatic carbocycles. The number of carboxylic acid groups (broad SMARTS) is 1. The van der Waals surface area contributed by atoms with Gasteiger partial charge in [0, 0.05) is 6.04 Å². The van der Waals surface area contributed by atoms with Crippen LogP contribution in [-0.4, -0.2) is 23.7 Å². The first-order chi connectivity index (χ1) is 8.02. The third-order valence-electron chi connectivity index (χ3n) is 2.38. The van der Waals surface area contributed by atoms with E-state index in [9.17, 15) is 4.79 Å². The average Bonchev–Trinajstić information content (AvgIpc) is 2.23. The second-order valence-electron chi connectivity index (χ2n) is 3.81. The van der Waals surface area contributed by atoms with Crippen LogP contribution in [0, 0.1) is 0 Å². The predicted octanol–water partition coefficient (Wildman–Crippen LogP) is 2.99. The molecular formula is C12H15Cl2NO2. The van der Waals surface area contributed by atoms with Crippen molar-refractivity contribution in [1.82, 2.24) is 5.32 Å². The lowest BCUT2D eigenvalue weighted by molar-refractivity contribution is -0.137. The van der Waals surface area contributed by atoms with E-state index in [0.717, 1.165) is 12.1 Å². The highest BCUT2D eigenvalue weighted by Crippen LogP contribution is 2.23. The van der Waals surface area contributed by atoms with Gasteiger partial charge in [-0.25, -0.2) is 0 Å². The number of likely N-dealkylation sites (N-methyl/N-ethyl adjacent to an activating group) is 1. The van der Waals surface area contributed by atoms with Gasteiger partial charge < -0.3 is 10.4 Å². The van der Waals surface area contributed by atoms with E-state index in [-0.39, 0.29) is 12.5 Å². The summed E-state index contributed by atoms with van der Waals surface area (Å²) in [7, 11) is 0. The Hall–Kier alpha value is -0.770. The maximum Gasteiger partial charge on any atom is 0.304 e. The molecule has 0 aromatic heterocycles. The molecule has 0 bridgehead atoms. The zero-order valence-corrected chi connectivity index (χ0v) is 11.1. The molecule has 1 rings (SSSR count). The second kappa shape index (κ2) is 6.84. The smallest absolute Gasteiger partial charge is 0.304 e. The average molecular weight is 276 g/mol. The van der Waals surface area contributed by atoms with Gasteiger partial charge in [-0.1, -0.05) is 36.2 Å². The summed E-state index contributed by atoms with van der Waals surface area (Å²) in [5, 5.41) is 12.9. The van der Waals surface area contributed by atoms with Crippen molar-refractivity contribution in [3.63, 3.8) is 0 Å². The number of halogens is 2. The lowest BCUT2D eigenvalue weighted by Crippen LogP contribution is -2.33. The van der Waals surface area contributed by atoms with Crippen molar-refractivity contribution in [2.45, 2.75) is 25.8 Å². The normalized spacial score (nSPS) is 12.4. The van der Waals surface area contributed by atoms with Crippen LogP contribution in [0.2, 0.25) is 10.0 Å². The summed E-state index contributed by atoms with van der Waals surface area (Å²) in [5.41, 5.74) is 0.978. The summed E-state index contributed by atoms with van der Waals surface area (Å²) in [6.45, 7) is 2.68. The fourth-order valence-corrected chi connectivity index (χ4v) is 1.99. The fraction of sp³-hybridized carbons (Fsp3) is 0.417. The van der Waals surface area contributed by atoms with Gasteiger partial charge in [0.1, 0.15) is 0 Å². The Balaban J connectivity index is 2.71. The molecule has 5 heteroatoms. The van der Waals surface area contributed by atoms with Crippen molar-refractivity contribution in [1.29, 1.82) is 0 Å². The molecule has 0 fully saturated rings. The minimum atomic E-state index is -0.809. The molecule has 0 saturated carbocycles. The first kappa shape index (κ1) is 14.3. The van der Waals surface area contributed by atoms with Gasteiger partial charge in [-0.2, -0.15) is 0 Å². The molecule has 0 aliphatic heterocycles. The standard InChI is InChI=1S/C12H15Cl2NO2/c1-2-15-9(7-12(16)17)5-8-3-4-10(13)11(14)6-8/h3-4,6,9,15H,2,5,7H2,1H3,(H,16,17). The summed E-state index contributed by atoms with van der Waals surface area (Å²) < 4.78 is 0. The number of aliphatic carboxylic acids is 1. The van der Waals surface area contributed by atoms with Crippen LogP contribution in [0.1, 0.15) is 18.9 Å². The molecule has 1 unspecified atom stereocenters. The monoisotopic (exact) mass is 275 g/mol. The summed E-state index contributed by atoms with van der Waals surface area (Å²) >= 11 is 11.7. The van der Waals surface area contributed by atoms with Crippen LogP contribution in [0.15, 0.2) is 18.2 Å². The first-order valence-corrected chi connectivity index (χ1v) is 6.17. The SMILES string of the molecule is CCNC(CC(=O)O)Cc1ccc(Cl)c(Cl)c1. The Bertz CT molecular complexity index is 396. The third kappa shape index (κ3) is 4.94. The second-order valence-corrected chi connectivity index (χ2v) is 4.62. The molecule has 0 amide bonds. The van der Waals surface area contributed by atoms with E-state index >= 15 is 0 Å². The molecule has 2 N–H and O–H groups in total. The molecule has 3 nitrogen and oxygen atoms in total. The molecule has 0 heterocycles. The topological polar surface area (TPSA) is 49.3 Å². The zero-order chi connectivity index (χ0) is 12.8. The lowest BCUT2D eigenvalue weighted by Gasteiger charge is -2.16. The van der Waals surface area contributed by atoms with Crippen molar-refractivity contribution >= 4 is 29.2 Å². The van der Waals surface area contributed by atoms with Crippen molar-refractivity contribution < 1.29 is 9.90 Å². The molecule has 1 atom stereocenters. The number of hydrogen-bond acceptors (Lipinski definition) is 2. The van der Waals surface area contributed by atoms with Gasteiger partial charge in [0.2, 0.25) is 0 Å². The van der Waals surface area contributed by atoms with Crippen LogP contribution >= 0.6 is 23.2 Å². The van der Waals surface area contributed by atoms with Crippen LogP contribution in [0.25, 0.3) is 0 Å². The van der Waals surface area contributed by atoms with E-state index in [1.165, 1.54) is 0 Å². The summed E-state index contributed by atoms with van der Waals surface area (Å²) in [5.74, 6) is -0.809. The quantitative estimate of drug-likeness (QED) is 0.839. The summed E-state index contributed by atoms with van der Waals surface area (Å²) in [4.78, 5) is 10.7. The Labute approximate surface area is 111 Å². The number of carboxylic acids is 1. The number of benzene rings is 1. The van der Waals surface area contributed by atoms with Gasteiger partial charge in [-0.15, -0.1) is 0 Å². The molecule has 1 aromatic rings. The van der Waals surface area contributed by atoms with Crippen molar-refractivity contribution in [2.24, 2.45) is 0 Å². The van der Waals surface area contributed by atoms with E-state index in [0.29, 0.717) is 16.5 Å². The molecule has 1 aromatic carbocycles. The molecule has 0 saturated heterocycles. The molecule has 17 heavy (non-hydrogen) atoms. The predicted molar refractivity (Wildman–Crippen MR) is 69.9 cm³/mol. The van der Waals surface area contributed by atoms with E-state index in [1.807, 2.05) is 13.0 Å². The van der Waals surface area contributed by atoms with Crippen LogP contribution in [-0.2, 0) is 11.2 Å². The summed E-state index contributed by atoms with van der Waals surface area (Å²) in [6, 6.07) is 5.27. The maximum atomic E-state index is 10.7. The zero-order valence-electron chi connectivity index (χ0n) is 9.54. The van der Waals surface area contributed by atoms with Gasteiger partial charge in [-0.05, 0) is 30.7 Å². The van der Waals surface area contributed by atoms with Gasteiger partial charge in [0.15, 0.2) is 0 Å². The fourth-order valence-electron chi connectivity index (χ4n) is 1.67. The van der Waals surface area contributed by atoms with Crippen LogP contribution in [0.5, 0.6) is 0 Å². The van der Waals surface area contributed by atoms with Crippen LogP contribution in [0.3, 0.4) is 0 Å². The van der Waals surface area contributed by atoms with E-state index in [4.69, 9.17) is 28.3 Å². The Morgan fingerprint density at radius 3 is 2.65 bits per heavy atom. The van der Waals surface area contributed by atoms with Gasteiger partial charge >= 0.3 is 5.97 Å². The summed E-state index contributed by atoms with van der Waals surface area (Å²) in [6.07, 6.45) is 0.713. The third-order valence-corrected chi connectivity index (χ3v) is 3.12. The Kier molecular flexibility index (Phi) is 5.75. The highest BCUT2D eigenvalue weighted by molar-refractivity contribution is 6.42. The van der Waals surface area contributed by atoms with Crippen LogP contribution in [0.4, 0.5) is 0 Å². The largest absolute Gasteiger partial charge is 0.481 e. The van der Waals surface area contributed by atoms with E-state index in [2.05, 4.69) is 5.32 Å². The Morgan fingerprint density at radius 1 is 1.41 bits per heavy atom. The molecule has 94 valence electrons. The Morgan fingerprint density at radius 2 is 2.12 bits per heavy atom. The van der Waals surface area contributed by atoms with E-state index in [1.54, 1.807) is 12.1 Å². The number of rotatable bonds is 6. The van der Waals surface area contributed by atoms with Gasteiger partial charge in [0.25, 0.3) is 0 Å². The molecular weight excluding hydrogens is 261 g/mol. The minimum Gasteiger partial charge on any atom is -0.481 e. The number of hydrogen-bond donors (Lipinski definition) is 2. The molecule has 0 radical (unpaired) electrons. The van der Waals surface area contributed by atoms with Crippen molar-refractivity contribution in [3.05, 3.63) is 33.8 Å². The highest BCUT2D eigenvalue weighted by Gasteiger charge is 2.13. The first-order valence-electron chi connectivity index (χ1n) is 5.42. The van der Waals surface area contributed by atoms with Gasteiger partial charge in [-0.3, -0.25) is 4.79 Å². The minimum absolute atomic E-state index is 0.0882. The highest BCUT2D eigenvalue weighted by atomic mass is 35.5. The van der Waals surface area contributed by atoms with Crippen molar-refractivity contribution in [3.8, 4) is 0 Å². The van der Waals surface area contributed by atoms with Crippen molar-refractivity contribution in [2.75, 3.05) is 6.54 Å². The molecule has 0 spiro atoms. The maximum absolute atomic E-state index is 10.7. The number of carbonyl (C=O) groups is 1. The van der Waals surface area contributed by atoms with Gasteiger partial charge in [0.05, 0.1) is 16.5 Å². The molecule has 0 aliphatic rings. The van der Waals surface area contributed by atoms with E-state index < -0.39 is 5.97 Å². The number of nitrogens with one attached hydrogen (secondary N) is 1. The lowest BCUT2D eigenvalue weighted by atomic mass is 10.0. The van der Waals surface area contributed by atoms with Crippen LogP contribution < -0.4 is 5.32 Å².